The molecule has 2 fully saturated rings. The summed E-state index contributed by atoms with van der Waals surface area (Å²) in [6, 6.07) is 0. The van der Waals surface area contributed by atoms with Crippen LogP contribution in [0.5, 0.6) is 0 Å². The summed E-state index contributed by atoms with van der Waals surface area (Å²) in [6.45, 7) is 7.11. The zero-order valence-corrected chi connectivity index (χ0v) is 13.6. The van der Waals surface area contributed by atoms with Crippen molar-refractivity contribution >= 4 is 5.97 Å². The highest BCUT2D eigenvalue weighted by molar-refractivity contribution is 5.69. The lowest BCUT2D eigenvalue weighted by Gasteiger charge is -2.45. The largest absolute Gasteiger partial charge is 0.466 e. The Balaban J connectivity index is 1.85. The molecule has 4 nitrogen and oxygen atoms in total. The van der Waals surface area contributed by atoms with E-state index in [4.69, 9.17) is 9.47 Å². The van der Waals surface area contributed by atoms with Crippen LogP contribution in [0.15, 0.2) is 0 Å². The molecule has 0 bridgehead atoms. The van der Waals surface area contributed by atoms with Gasteiger partial charge in [-0.05, 0) is 56.8 Å². The number of ether oxygens (including phenoxy) is 2. The third kappa shape index (κ3) is 3.59. The van der Waals surface area contributed by atoms with Crippen LogP contribution in [-0.2, 0) is 14.3 Å². The Bertz CT molecular complexity index is 357. The fourth-order valence-electron chi connectivity index (χ4n) is 4.64. The van der Waals surface area contributed by atoms with E-state index in [-0.39, 0.29) is 23.6 Å². The molecule has 0 amide bonds. The molecule has 0 spiro atoms. The molecule has 4 heteroatoms. The number of hydrogen-bond donors (Lipinski definition) is 1. The molecule has 21 heavy (non-hydrogen) atoms. The van der Waals surface area contributed by atoms with E-state index >= 15 is 0 Å². The normalized spacial score (nSPS) is 37.0. The van der Waals surface area contributed by atoms with Gasteiger partial charge in [0.05, 0.1) is 31.8 Å². The lowest BCUT2D eigenvalue weighted by molar-refractivity contribution is -0.145. The van der Waals surface area contributed by atoms with Crippen molar-refractivity contribution in [1.82, 2.24) is 0 Å². The number of hydrogen-bond acceptors (Lipinski definition) is 4. The summed E-state index contributed by atoms with van der Waals surface area (Å²) >= 11 is 0. The highest BCUT2D eigenvalue weighted by Crippen LogP contribution is 2.56. The molecule has 0 saturated heterocycles. The van der Waals surface area contributed by atoms with E-state index in [9.17, 15) is 9.90 Å². The van der Waals surface area contributed by atoms with Gasteiger partial charge in [-0.2, -0.15) is 0 Å². The molecule has 2 aliphatic rings. The maximum atomic E-state index is 11.3. The number of aliphatic hydroxyl groups is 1. The summed E-state index contributed by atoms with van der Waals surface area (Å²) in [4.78, 5) is 11.3. The third-order valence-corrected chi connectivity index (χ3v) is 5.72. The van der Waals surface area contributed by atoms with Gasteiger partial charge in [0.1, 0.15) is 0 Å². The summed E-state index contributed by atoms with van der Waals surface area (Å²) in [6.07, 6.45) is 5.80. The predicted molar refractivity (Wildman–Crippen MR) is 80.8 cm³/mol. The minimum absolute atomic E-state index is 0.138. The van der Waals surface area contributed by atoms with E-state index in [0.717, 1.165) is 25.7 Å². The minimum Gasteiger partial charge on any atom is -0.466 e. The molecular formula is C17H30O4. The number of carbonyl (C=O) groups is 1. The number of rotatable bonds is 6. The molecule has 1 N–H and O–H groups in total. The van der Waals surface area contributed by atoms with E-state index in [2.05, 4.69) is 13.8 Å². The molecule has 2 saturated carbocycles. The Labute approximate surface area is 128 Å². The highest BCUT2D eigenvalue weighted by atomic mass is 16.5. The van der Waals surface area contributed by atoms with Crippen LogP contribution in [0.4, 0.5) is 0 Å². The average molecular weight is 298 g/mol. The molecule has 2 rings (SSSR count). The lowest BCUT2D eigenvalue weighted by atomic mass is 9.63. The lowest BCUT2D eigenvalue weighted by Crippen LogP contribution is -2.43. The first kappa shape index (κ1) is 16.8. The summed E-state index contributed by atoms with van der Waals surface area (Å²) in [5.74, 6) is 0.723. The van der Waals surface area contributed by atoms with Gasteiger partial charge in [-0.15, -0.1) is 0 Å². The first-order valence-corrected chi connectivity index (χ1v) is 8.44. The van der Waals surface area contributed by atoms with Crippen LogP contribution in [-0.4, -0.2) is 36.5 Å². The van der Waals surface area contributed by atoms with Gasteiger partial charge in [0.15, 0.2) is 0 Å². The standard InChI is InChI=1S/C17H30O4/c1-4-20-16(19)9-11-21-12(2)13-7-8-14-15(18)6-5-10-17(13,14)3/h12-15,18H,4-11H2,1-3H3/t12?,13?,14?,15?,17-/m1/s1. The van der Waals surface area contributed by atoms with Crippen LogP contribution >= 0.6 is 0 Å². The van der Waals surface area contributed by atoms with Crippen molar-refractivity contribution in [2.75, 3.05) is 13.2 Å². The van der Waals surface area contributed by atoms with Gasteiger partial charge in [-0.3, -0.25) is 4.79 Å². The quantitative estimate of drug-likeness (QED) is 0.766. The van der Waals surface area contributed by atoms with E-state index in [1.807, 2.05) is 6.92 Å². The molecule has 122 valence electrons. The maximum Gasteiger partial charge on any atom is 0.308 e. The molecule has 4 unspecified atom stereocenters. The summed E-state index contributed by atoms with van der Waals surface area (Å²) < 4.78 is 10.8. The van der Waals surface area contributed by atoms with Crippen molar-refractivity contribution in [3.05, 3.63) is 0 Å². The fraction of sp³-hybridized carbons (Fsp3) is 0.941. The van der Waals surface area contributed by atoms with Crippen molar-refractivity contribution in [3.8, 4) is 0 Å². The summed E-state index contributed by atoms with van der Waals surface area (Å²) in [5.41, 5.74) is 0.195. The van der Waals surface area contributed by atoms with Gasteiger partial charge >= 0.3 is 5.97 Å². The van der Waals surface area contributed by atoms with Gasteiger partial charge < -0.3 is 14.6 Å². The highest BCUT2D eigenvalue weighted by Gasteiger charge is 2.52. The van der Waals surface area contributed by atoms with Crippen LogP contribution in [0.25, 0.3) is 0 Å². The SMILES string of the molecule is CCOC(=O)CCOC(C)C1CCC2C(O)CCC[C@@]21C. The summed E-state index contributed by atoms with van der Waals surface area (Å²) in [7, 11) is 0. The second-order valence-electron chi connectivity index (χ2n) is 6.89. The average Bonchev–Trinajstić information content (AvgIpc) is 2.77. The van der Waals surface area contributed by atoms with Crippen molar-refractivity contribution in [3.63, 3.8) is 0 Å². The maximum absolute atomic E-state index is 11.3. The zero-order valence-electron chi connectivity index (χ0n) is 13.6. The fourth-order valence-corrected chi connectivity index (χ4v) is 4.64. The van der Waals surface area contributed by atoms with Gasteiger partial charge in [0.25, 0.3) is 0 Å². The smallest absolute Gasteiger partial charge is 0.308 e. The molecule has 5 atom stereocenters. The van der Waals surface area contributed by atoms with Crippen LogP contribution < -0.4 is 0 Å². The van der Waals surface area contributed by atoms with Gasteiger partial charge in [-0.25, -0.2) is 0 Å². The minimum atomic E-state index is -0.187. The first-order valence-electron chi connectivity index (χ1n) is 8.44. The number of fused-ring (bicyclic) bond motifs is 1. The van der Waals surface area contributed by atoms with E-state index in [1.54, 1.807) is 0 Å². The van der Waals surface area contributed by atoms with Crippen LogP contribution in [0.2, 0.25) is 0 Å². The molecule has 0 heterocycles. The second kappa shape index (κ2) is 7.10. The zero-order chi connectivity index (χ0) is 15.5. The van der Waals surface area contributed by atoms with Crippen molar-refractivity contribution in [1.29, 1.82) is 0 Å². The molecule has 2 aliphatic carbocycles. The van der Waals surface area contributed by atoms with Crippen LogP contribution in [0, 0.1) is 17.3 Å². The van der Waals surface area contributed by atoms with Crippen molar-refractivity contribution in [2.45, 2.75) is 71.5 Å². The Morgan fingerprint density at radius 1 is 1.38 bits per heavy atom. The topological polar surface area (TPSA) is 55.8 Å². The number of carbonyl (C=O) groups excluding carboxylic acids is 1. The molecule has 0 aromatic heterocycles. The van der Waals surface area contributed by atoms with Crippen molar-refractivity contribution < 1.29 is 19.4 Å². The second-order valence-corrected chi connectivity index (χ2v) is 6.89. The molecule has 0 aliphatic heterocycles. The molecular weight excluding hydrogens is 268 g/mol. The van der Waals surface area contributed by atoms with Crippen LogP contribution in [0.1, 0.15) is 59.3 Å². The van der Waals surface area contributed by atoms with E-state index < -0.39 is 0 Å². The Hall–Kier alpha value is -0.610. The third-order valence-electron chi connectivity index (χ3n) is 5.72. The molecule has 0 aromatic rings. The Morgan fingerprint density at radius 2 is 2.14 bits per heavy atom. The predicted octanol–water partition coefficient (Wildman–Crippen LogP) is 2.92. The van der Waals surface area contributed by atoms with E-state index in [1.165, 1.54) is 6.42 Å². The first-order chi connectivity index (χ1) is 9.99. The van der Waals surface area contributed by atoms with Crippen molar-refractivity contribution in [2.24, 2.45) is 17.3 Å². The Kier molecular flexibility index (Phi) is 5.67. The molecule has 0 radical (unpaired) electrons. The monoisotopic (exact) mass is 298 g/mol. The van der Waals surface area contributed by atoms with Gasteiger partial charge in [0, 0.05) is 0 Å². The van der Waals surface area contributed by atoms with E-state index in [0.29, 0.717) is 31.5 Å². The number of esters is 1. The Morgan fingerprint density at radius 3 is 2.86 bits per heavy atom. The van der Waals surface area contributed by atoms with Gasteiger partial charge in [-0.1, -0.05) is 13.3 Å². The van der Waals surface area contributed by atoms with Gasteiger partial charge in [0.2, 0.25) is 0 Å². The van der Waals surface area contributed by atoms with Crippen LogP contribution in [0.3, 0.4) is 0 Å². The molecule has 0 aromatic carbocycles. The number of aliphatic hydroxyl groups excluding tert-OH is 1. The summed E-state index contributed by atoms with van der Waals surface area (Å²) in [5, 5.41) is 10.3.